The van der Waals surface area contributed by atoms with Crippen LogP contribution in [0.4, 0.5) is 5.69 Å². The second-order valence-corrected chi connectivity index (χ2v) is 2.97. The average Bonchev–Trinajstić information content (AvgIpc) is 2.08. The van der Waals surface area contributed by atoms with Gasteiger partial charge in [0.1, 0.15) is 5.75 Å². The minimum Gasteiger partial charge on any atom is -0.506 e. The van der Waals surface area contributed by atoms with E-state index in [0.717, 1.165) is 0 Å². The third-order valence-corrected chi connectivity index (χ3v) is 1.68. The zero-order valence-corrected chi connectivity index (χ0v) is 7.61. The van der Waals surface area contributed by atoms with Gasteiger partial charge in [0.25, 0.3) is 5.91 Å². The summed E-state index contributed by atoms with van der Waals surface area (Å²) in [5, 5.41) is 9.24. The van der Waals surface area contributed by atoms with Crippen LogP contribution < -0.4 is 5.73 Å². The average molecular weight is 180 g/mol. The number of phenolic OH excluding ortho intramolecular Hbond substituents is 1. The van der Waals surface area contributed by atoms with Crippen molar-refractivity contribution in [3.63, 3.8) is 0 Å². The molecule has 0 saturated heterocycles. The Morgan fingerprint density at radius 3 is 2.54 bits per heavy atom. The van der Waals surface area contributed by atoms with Crippen molar-refractivity contribution < 1.29 is 9.90 Å². The second kappa shape index (κ2) is 3.35. The summed E-state index contributed by atoms with van der Waals surface area (Å²) < 4.78 is 0. The van der Waals surface area contributed by atoms with Gasteiger partial charge in [-0.25, -0.2) is 0 Å². The largest absolute Gasteiger partial charge is 0.506 e. The summed E-state index contributed by atoms with van der Waals surface area (Å²) in [5.41, 5.74) is 6.09. The first-order valence-corrected chi connectivity index (χ1v) is 3.82. The number of amides is 1. The molecule has 0 radical (unpaired) electrons. The molecule has 1 amide bonds. The van der Waals surface area contributed by atoms with Gasteiger partial charge in [0.2, 0.25) is 0 Å². The summed E-state index contributed by atoms with van der Waals surface area (Å²) in [4.78, 5) is 12.8. The molecule has 0 unspecified atom stereocenters. The summed E-state index contributed by atoms with van der Waals surface area (Å²) in [7, 11) is 3.30. The molecule has 0 heterocycles. The number of carbonyl (C=O) groups is 1. The van der Waals surface area contributed by atoms with Gasteiger partial charge in [-0.05, 0) is 18.2 Å². The fraction of sp³-hybridized carbons (Fsp3) is 0.222. The van der Waals surface area contributed by atoms with E-state index in [4.69, 9.17) is 5.73 Å². The van der Waals surface area contributed by atoms with Gasteiger partial charge in [-0.1, -0.05) is 0 Å². The molecule has 0 bridgehead atoms. The number of nitrogens with two attached hydrogens (primary N) is 1. The van der Waals surface area contributed by atoms with Gasteiger partial charge >= 0.3 is 0 Å². The molecule has 1 rings (SSSR count). The number of rotatable bonds is 1. The van der Waals surface area contributed by atoms with E-state index in [1.165, 1.54) is 17.0 Å². The van der Waals surface area contributed by atoms with Crippen molar-refractivity contribution in [2.75, 3.05) is 19.8 Å². The number of carbonyl (C=O) groups excluding carboxylic acids is 1. The first-order chi connectivity index (χ1) is 6.02. The highest BCUT2D eigenvalue weighted by atomic mass is 16.3. The van der Waals surface area contributed by atoms with Gasteiger partial charge in [-0.15, -0.1) is 0 Å². The maximum Gasteiger partial charge on any atom is 0.253 e. The Morgan fingerprint density at radius 2 is 2.08 bits per heavy atom. The first-order valence-electron chi connectivity index (χ1n) is 3.82. The predicted octanol–water partition coefficient (Wildman–Crippen LogP) is 0.676. The van der Waals surface area contributed by atoms with Crippen molar-refractivity contribution in [2.24, 2.45) is 0 Å². The summed E-state index contributed by atoms with van der Waals surface area (Å²) in [6.45, 7) is 0. The number of hydrogen-bond donors (Lipinski definition) is 2. The van der Waals surface area contributed by atoms with Crippen molar-refractivity contribution in [1.82, 2.24) is 4.90 Å². The number of phenols is 1. The molecule has 0 aromatic heterocycles. The first kappa shape index (κ1) is 9.38. The van der Waals surface area contributed by atoms with E-state index in [2.05, 4.69) is 0 Å². The predicted molar refractivity (Wildman–Crippen MR) is 50.5 cm³/mol. The van der Waals surface area contributed by atoms with E-state index in [1.807, 2.05) is 0 Å². The zero-order chi connectivity index (χ0) is 10.0. The Kier molecular flexibility index (Phi) is 2.41. The van der Waals surface area contributed by atoms with Gasteiger partial charge in [0, 0.05) is 19.7 Å². The summed E-state index contributed by atoms with van der Waals surface area (Å²) in [6, 6.07) is 4.45. The molecule has 4 nitrogen and oxygen atoms in total. The van der Waals surface area contributed by atoms with Gasteiger partial charge in [-0.2, -0.15) is 0 Å². The molecule has 0 saturated carbocycles. The highest BCUT2D eigenvalue weighted by Gasteiger charge is 2.09. The van der Waals surface area contributed by atoms with Crippen molar-refractivity contribution in [1.29, 1.82) is 0 Å². The van der Waals surface area contributed by atoms with Crippen molar-refractivity contribution in [3.8, 4) is 5.75 Å². The van der Waals surface area contributed by atoms with E-state index >= 15 is 0 Å². The van der Waals surface area contributed by atoms with Gasteiger partial charge in [0.05, 0.1) is 5.69 Å². The van der Waals surface area contributed by atoms with E-state index in [0.29, 0.717) is 5.56 Å². The fourth-order valence-corrected chi connectivity index (χ4v) is 0.935. The second-order valence-electron chi connectivity index (χ2n) is 2.97. The number of nitrogens with zero attached hydrogens (tertiary/aromatic N) is 1. The standard InChI is InChI=1S/C9H12N2O2/c1-11(2)9(13)6-3-4-7(10)8(12)5-6/h3-5,12H,10H2,1-2H3. The number of anilines is 1. The van der Waals surface area contributed by atoms with Crippen LogP contribution in [0, 0.1) is 0 Å². The number of benzene rings is 1. The number of hydrogen-bond acceptors (Lipinski definition) is 3. The van der Waals surface area contributed by atoms with E-state index < -0.39 is 0 Å². The minimum atomic E-state index is -0.157. The highest BCUT2D eigenvalue weighted by Crippen LogP contribution is 2.20. The lowest BCUT2D eigenvalue weighted by Gasteiger charge is -2.10. The van der Waals surface area contributed by atoms with Crippen LogP contribution >= 0.6 is 0 Å². The fourth-order valence-electron chi connectivity index (χ4n) is 0.935. The third-order valence-electron chi connectivity index (χ3n) is 1.68. The van der Waals surface area contributed by atoms with Crippen LogP contribution in [0.1, 0.15) is 10.4 Å². The maximum atomic E-state index is 11.4. The van der Waals surface area contributed by atoms with Crippen LogP contribution in [-0.4, -0.2) is 30.0 Å². The molecule has 0 aliphatic rings. The van der Waals surface area contributed by atoms with Gasteiger partial charge < -0.3 is 15.7 Å². The minimum absolute atomic E-state index is 0.0623. The molecule has 0 atom stereocenters. The molecule has 0 aliphatic carbocycles. The molecular weight excluding hydrogens is 168 g/mol. The Morgan fingerprint density at radius 1 is 1.46 bits per heavy atom. The molecule has 0 aliphatic heterocycles. The topological polar surface area (TPSA) is 66.6 Å². The normalized spacial score (nSPS) is 9.69. The molecule has 1 aromatic rings. The van der Waals surface area contributed by atoms with Crippen LogP contribution in [0.15, 0.2) is 18.2 Å². The molecule has 0 spiro atoms. The molecular formula is C9H12N2O2. The Labute approximate surface area is 76.6 Å². The molecule has 0 fully saturated rings. The molecule has 3 N–H and O–H groups in total. The van der Waals surface area contributed by atoms with Crippen LogP contribution in [0.5, 0.6) is 5.75 Å². The summed E-state index contributed by atoms with van der Waals surface area (Å²) >= 11 is 0. The van der Waals surface area contributed by atoms with Crippen molar-refractivity contribution in [2.45, 2.75) is 0 Å². The molecule has 1 aromatic carbocycles. The van der Waals surface area contributed by atoms with Crippen molar-refractivity contribution >= 4 is 11.6 Å². The number of nitrogen functional groups attached to an aromatic ring is 1. The van der Waals surface area contributed by atoms with E-state index in [1.54, 1.807) is 20.2 Å². The Hall–Kier alpha value is -1.71. The van der Waals surface area contributed by atoms with Crippen LogP contribution in [-0.2, 0) is 0 Å². The quantitative estimate of drug-likeness (QED) is 0.493. The van der Waals surface area contributed by atoms with Crippen molar-refractivity contribution in [3.05, 3.63) is 23.8 Å². The summed E-state index contributed by atoms with van der Waals surface area (Å²) in [6.07, 6.45) is 0. The molecule has 13 heavy (non-hydrogen) atoms. The van der Waals surface area contributed by atoms with Crippen LogP contribution in [0.25, 0.3) is 0 Å². The lowest BCUT2D eigenvalue weighted by molar-refractivity contribution is 0.0827. The highest BCUT2D eigenvalue weighted by molar-refractivity contribution is 5.94. The lowest BCUT2D eigenvalue weighted by Crippen LogP contribution is -2.21. The van der Waals surface area contributed by atoms with E-state index in [9.17, 15) is 9.90 Å². The van der Waals surface area contributed by atoms with Crippen LogP contribution in [0.2, 0.25) is 0 Å². The zero-order valence-electron chi connectivity index (χ0n) is 7.61. The van der Waals surface area contributed by atoms with E-state index in [-0.39, 0.29) is 17.3 Å². The SMILES string of the molecule is CN(C)C(=O)c1ccc(N)c(O)c1. The summed E-state index contributed by atoms with van der Waals surface area (Å²) in [5.74, 6) is -0.219. The maximum absolute atomic E-state index is 11.4. The molecule has 4 heteroatoms. The Bertz CT molecular complexity index is 334. The van der Waals surface area contributed by atoms with Crippen LogP contribution in [0.3, 0.4) is 0 Å². The monoisotopic (exact) mass is 180 g/mol. The van der Waals surface area contributed by atoms with Gasteiger partial charge in [-0.3, -0.25) is 4.79 Å². The smallest absolute Gasteiger partial charge is 0.253 e. The third kappa shape index (κ3) is 1.90. The Balaban J connectivity index is 3.04. The molecule has 70 valence electrons. The van der Waals surface area contributed by atoms with Gasteiger partial charge in [0.15, 0.2) is 0 Å². The lowest BCUT2D eigenvalue weighted by atomic mass is 10.2. The number of aromatic hydroxyl groups is 1.